The number of rotatable bonds is 5. The van der Waals surface area contributed by atoms with Crippen molar-refractivity contribution in [2.45, 2.75) is 83.5 Å². The summed E-state index contributed by atoms with van der Waals surface area (Å²) < 4.78 is 20.0. The third kappa shape index (κ3) is 6.40. The lowest BCUT2D eigenvalue weighted by molar-refractivity contribution is -0.136. The number of halogens is 1. The number of carbonyl (C=O) groups is 4. The fourth-order valence-corrected chi connectivity index (χ4v) is 6.39. The summed E-state index contributed by atoms with van der Waals surface area (Å²) in [4.78, 5) is 55.3. The third-order valence-electron chi connectivity index (χ3n) is 8.39. The Morgan fingerprint density at radius 3 is 2.40 bits per heavy atom. The quantitative estimate of drug-likeness (QED) is 0.536. The van der Waals surface area contributed by atoms with Crippen LogP contribution in [0.3, 0.4) is 0 Å². The van der Waals surface area contributed by atoms with Crippen LogP contribution < -0.4 is 15.5 Å². The van der Waals surface area contributed by atoms with Gasteiger partial charge in [0.1, 0.15) is 17.5 Å². The van der Waals surface area contributed by atoms with E-state index in [1.807, 2.05) is 20.8 Å². The number of imide groups is 1. The topological polar surface area (TPSA) is 111 Å². The van der Waals surface area contributed by atoms with E-state index in [1.165, 1.54) is 17.0 Å². The first kappa shape index (κ1) is 28.3. The fourth-order valence-electron chi connectivity index (χ4n) is 6.39. The van der Waals surface area contributed by atoms with Crippen LogP contribution in [0.15, 0.2) is 12.1 Å². The lowest BCUT2D eigenvalue weighted by Gasteiger charge is -2.39. The second-order valence-corrected chi connectivity index (χ2v) is 12.5. The van der Waals surface area contributed by atoms with Crippen LogP contribution in [0.25, 0.3) is 0 Å². The summed E-state index contributed by atoms with van der Waals surface area (Å²) in [6.07, 6.45) is 4.10. The normalized spacial score (nSPS) is 26.0. The minimum absolute atomic E-state index is 0.153. The molecular formula is C29H40FN5O5. The molecule has 3 fully saturated rings. The van der Waals surface area contributed by atoms with Gasteiger partial charge >= 0.3 is 6.09 Å². The molecule has 40 heavy (non-hydrogen) atoms. The van der Waals surface area contributed by atoms with Gasteiger partial charge in [0.25, 0.3) is 5.91 Å². The Kier molecular flexibility index (Phi) is 8.03. The van der Waals surface area contributed by atoms with Crippen molar-refractivity contribution in [2.24, 2.45) is 5.92 Å². The average molecular weight is 558 g/mol. The maximum Gasteiger partial charge on any atom is 0.407 e. The molecule has 4 aliphatic rings. The number of hydrogen-bond donors (Lipinski definition) is 2. The summed E-state index contributed by atoms with van der Waals surface area (Å²) in [6, 6.07) is 2.19. The van der Waals surface area contributed by atoms with Crippen LogP contribution in [0.4, 0.5) is 14.9 Å². The van der Waals surface area contributed by atoms with Gasteiger partial charge in [0, 0.05) is 68.5 Å². The van der Waals surface area contributed by atoms with Crippen molar-refractivity contribution in [1.82, 2.24) is 20.4 Å². The number of ether oxygens (including phenoxy) is 1. The van der Waals surface area contributed by atoms with E-state index in [1.54, 1.807) is 0 Å². The van der Waals surface area contributed by atoms with Gasteiger partial charge in [0.2, 0.25) is 11.8 Å². The van der Waals surface area contributed by atoms with Crippen LogP contribution in [-0.4, -0.2) is 84.0 Å². The number of benzene rings is 1. The Morgan fingerprint density at radius 1 is 1.05 bits per heavy atom. The lowest BCUT2D eigenvalue weighted by Crippen LogP contribution is -2.52. The minimum Gasteiger partial charge on any atom is -0.444 e. The Bertz CT molecular complexity index is 1170. The van der Waals surface area contributed by atoms with E-state index >= 15 is 0 Å². The lowest BCUT2D eigenvalue weighted by atomic mass is 9.85. The molecule has 1 aromatic rings. The number of nitrogens with zero attached hydrogens (tertiary/aromatic N) is 3. The van der Waals surface area contributed by atoms with Crippen molar-refractivity contribution in [2.75, 3.05) is 37.6 Å². The molecule has 5 rings (SSSR count). The molecule has 0 bridgehead atoms. The van der Waals surface area contributed by atoms with Crippen molar-refractivity contribution in [3.05, 3.63) is 29.1 Å². The number of amides is 4. The van der Waals surface area contributed by atoms with Gasteiger partial charge in [-0.05, 0) is 70.9 Å². The van der Waals surface area contributed by atoms with Crippen LogP contribution in [0.1, 0.15) is 75.2 Å². The number of carbonyl (C=O) groups excluding carboxylic acids is 4. The zero-order valence-electron chi connectivity index (χ0n) is 23.6. The summed E-state index contributed by atoms with van der Waals surface area (Å²) >= 11 is 0. The summed E-state index contributed by atoms with van der Waals surface area (Å²) in [6.45, 7) is 9.93. The van der Waals surface area contributed by atoms with Gasteiger partial charge in [-0.15, -0.1) is 0 Å². The smallest absolute Gasteiger partial charge is 0.407 e. The van der Waals surface area contributed by atoms with Crippen LogP contribution >= 0.6 is 0 Å². The van der Waals surface area contributed by atoms with E-state index in [2.05, 4.69) is 20.4 Å². The summed E-state index contributed by atoms with van der Waals surface area (Å²) in [5.74, 6) is -1.06. The molecule has 1 atom stereocenters. The highest BCUT2D eigenvalue weighted by molar-refractivity contribution is 6.06. The highest BCUT2D eigenvalue weighted by atomic mass is 19.1. The Labute approximate surface area is 234 Å². The molecule has 1 aromatic carbocycles. The number of hydrogen-bond acceptors (Lipinski definition) is 7. The molecular weight excluding hydrogens is 517 g/mol. The molecule has 1 aliphatic carbocycles. The number of fused-ring (bicyclic) bond motifs is 1. The standard InChI is InChI=1S/C29H40FN5O5/c1-29(2,3)40-28(39)31-20-6-4-18(5-7-20)16-33-10-12-34(13-11-33)24-15-19(30)14-21-22(24)17-35(27(21)38)23-8-9-25(36)32-26(23)37/h14-15,18,20,23H,4-13,16-17H2,1-3H3,(H,31,39)(H,32,36,37)/t18-,20-,23?. The average Bonchev–Trinajstić information content (AvgIpc) is 3.20. The van der Waals surface area contributed by atoms with Gasteiger partial charge in [-0.2, -0.15) is 0 Å². The summed E-state index contributed by atoms with van der Waals surface area (Å²) in [5.41, 5.74) is 1.27. The predicted molar refractivity (Wildman–Crippen MR) is 146 cm³/mol. The molecule has 3 aliphatic heterocycles. The van der Waals surface area contributed by atoms with Crippen LogP contribution in [0.2, 0.25) is 0 Å². The van der Waals surface area contributed by atoms with E-state index in [-0.39, 0.29) is 43.3 Å². The Hall–Kier alpha value is -3.21. The van der Waals surface area contributed by atoms with Crippen molar-refractivity contribution in [1.29, 1.82) is 0 Å². The van der Waals surface area contributed by atoms with Crippen molar-refractivity contribution in [3.63, 3.8) is 0 Å². The molecule has 10 nitrogen and oxygen atoms in total. The molecule has 0 aromatic heterocycles. The first-order valence-corrected chi connectivity index (χ1v) is 14.4. The van der Waals surface area contributed by atoms with Gasteiger partial charge in [0.15, 0.2) is 0 Å². The SMILES string of the molecule is CC(C)(C)OC(=O)N[C@H]1CC[C@H](CN2CCN(c3cc(F)cc4c3CN(C3CCC(=O)NC3=O)C4=O)CC2)CC1. The predicted octanol–water partition coefficient (Wildman–Crippen LogP) is 2.79. The second kappa shape index (κ2) is 11.3. The second-order valence-electron chi connectivity index (χ2n) is 12.5. The van der Waals surface area contributed by atoms with Crippen LogP contribution in [0.5, 0.6) is 0 Å². The molecule has 3 heterocycles. The number of anilines is 1. The summed E-state index contributed by atoms with van der Waals surface area (Å²) in [5, 5.41) is 5.32. The molecule has 0 spiro atoms. The molecule has 218 valence electrons. The fraction of sp³-hybridized carbons (Fsp3) is 0.655. The highest BCUT2D eigenvalue weighted by Crippen LogP contribution is 2.36. The molecule has 2 saturated heterocycles. The number of alkyl carbamates (subject to hydrolysis) is 1. The molecule has 0 radical (unpaired) electrons. The molecule has 1 saturated carbocycles. The molecule has 11 heteroatoms. The van der Waals surface area contributed by atoms with Gasteiger partial charge in [-0.25, -0.2) is 9.18 Å². The first-order valence-electron chi connectivity index (χ1n) is 14.4. The Balaban J connectivity index is 1.14. The maximum absolute atomic E-state index is 14.7. The first-order chi connectivity index (χ1) is 19.0. The van der Waals surface area contributed by atoms with Gasteiger partial charge in [0.05, 0.1) is 0 Å². The maximum atomic E-state index is 14.7. The number of nitrogens with one attached hydrogen (secondary N) is 2. The minimum atomic E-state index is -0.722. The molecule has 1 unspecified atom stereocenters. The van der Waals surface area contributed by atoms with E-state index < -0.39 is 23.4 Å². The van der Waals surface area contributed by atoms with Gasteiger partial charge < -0.3 is 19.9 Å². The van der Waals surface area contributed by atoms with E-state index in [9.17, 15) is 23.6 Å². The van der Waals surface area contributed by atoms with Crippen molar-refractivity contribution in [3.8, 4) is 0 Å². The van der Waals surface area contributed by atoms with Crippen LogP contribution in [0, 0.1) is 11.7 Å². The monoisotopic (exact) mass is 557 g/mol. The van der Waals surface area contributed by atoms with Gasteiger partial charge in [-0.1, -0.05) is 0 Å². The molecule has 2 N–H and O–H groups in total. The largest absolute Gasteiger partial charge is 0.444 e. The third-order valence-corrected chi connectivity index (χ3v) is 8.39. The number of piperazine rings is 1. The zero-order valence-corrected chi connectivity index (χ0v) is 23.6. The van der Waals surface area contributed by atoms with Crippen LogP contribution in [-0.2, 0) is 20.9 Å². The summed E-state index contributed by atoms with van der Waals surface area (Å²) in [7, 11) is 0. The van der Waals surface area contributed by atoms with Crippen molar-refractivity contribution < 1.29 is 28.3 Å². The van der Waals surface area contributed by atoms with Gasteiger partial charge in [-0.3, -0.25) is 24.6 Å². The van der Waals surface area contributed by atoms with E-state index in [0.29, 0.717) is 17.2 Å². The number of piperidine rings is 1. The van der Waals surface area contributed by atoms with Crippen molar-refractivity contribution >= 4 is 29.5 Å². The van der Waals surface area contributed by atoms with E-state index in [0.717, 1.165) is 64.0 Å². The Morgan fingerprint density at radius 2 is 1.75 bits per heavy atom. The highest BCUT2D eigenvalue weighted by Gasteiger charge is 2.41. The molecule has 4 amide bonds. The zero-order chi connectivity index (χ0) is 28.6. The van der Waals surface area contributed by atoms with E-state index in [4.69, 9.17) is 4.74 Å².